The third-order valence-electron chi connectivity index (χ3n) is 4.84. The van der Waals surface area contributed by atoms with Crippen LogP contribution < -0.4 is 10.6 Å². The molecule has 0 amide bonds. The highest BCUT2D eigenvalue weighted by atomic mass is 127. The molecule has 0 saturated carbocycles. The molecule has 2 aromatic carbocycles. The van der Waals surface area contributed by atoms with Crippen LogP contribution in [-0.4, -0.2) is 47.8 Å². The summed E-state index contributed by atoms with van der Waals surface area (Å²) in [5, 5.41) is 17.3. The lowest BCUT2D eigenvalue weighted by Gasteiger charge is -2.22. The molecule has 6 heteroatoms. The zero-order valence-electron chi connectivity index (χ0n) is 16.3. The number of rotatable bonds is 7. The van der Waals surface area contributed by atoms with Crippen LogP contribution in [0, 0.1) is 0 Å². The van der Waals surface area contributed by atoms with Crippen LogP contribution in [-0.2, 0) is 0 Å². The van der Waals surface area contributed by atoms with Gasteiger partial charge in [-0.15, -0.1) is 24.0 Å². The summed E-state index contributed by atoms with van der Waals surface area (Å²) < 4.78 is 0. The highest BCUT2D eigenvalue weighted by Gasteiger charge is 2.31. The summed E-state index contributed by atoms with van der Waals surface area (Å²) in [7, 11) is 0. The number of aliphatic hydroxyl groups is 1. The third kappa shape index (κ3) is 6.67. The zero-order chi connectivity index (χ0) is 19.0. The molecule has 3 N–H and O–H groups in total. The van der Waals surface area contributed by atoms with Gasteiger partial charge in [0.1, 0.15) is 0 Å². The van der Waals surface area contributed by atoms with E-state index in [1.807, 2.05) is 12.1 Å². The number of halogens is 1. The van der Waals surface area contributed by atoms with E-state index in [1.165, 1.54) is 11.1 Å². The summed E-state index contributed by atoms with van der Waals surface area (Å²) in [5.74, 6) is 2.79. The second-order valence-corrected chi connectivity index (χ2v) is 8.08. The predicted octanol–water partition coefficient (Wildman–Crippen LogP) is 3.86. The minimum absolute atomic E-state index is 0. The van der Waals surface area contributed by atoms with Gasteiger partial charge < -0.3 is 15.7 Å². The molecule has 0 bridgehead atoms. The maximum absolute atomic E-state index is 10.6. The van der Waals surface area contributed by atoms with Gasteiger partial charge in [0.15, 0.2) is 5.96 Å². The molecular weight excluding hydrogens is 481 g/mol. The van der Waals surface area contributed by atoms with Crippen LogP contribution >= 0.6 is 35.7 Å². The van der Waals surface area contributed by atoms with E-state index in [0.717, 1.165) is 37.0 Å². The van der Waals surface area contributed by atoms with Gasteiger partial charge >= 0.3 is 0 Å². The maximum atomic E-state index is 10.6. The summed E-state index contributed by atoms with van der Waals surface area (Å²) in [6.07, 6.45) is 0.817. The van der Waals surface area contributed by atoms with Crippen LogP contribution in [0.4, 0.5) is 0 Å². The van der Waals surface area contributed by atoms with Gasteiger partial charge in [0.2, 0.25) is 0 Å². The van der Waals surface area contributed by atoms with Crippen LogP contribution in [0.2, 0.25) is 0 Å². The van der Waals surface area contributed by atoms with Crippen molar-refractivity contribution in [2.45, 2.75) is 24.9 Å². The van der Waals surface area contributed by atoms with Crippen molar-refractivity contribution < 1.29 is 5.11 Å². The van der Waals surface area contributed by atoms with Gasteiger partial charge in [-0.3, -0.25) is 4.99 Å². The molecule has 0 aliphatic carbocycles. The lowest BCUT2D eigenvalue weighted by atomic mass is 9.91. The Kier molecular flexibility index (Phi) is 9.61. The molecule has 1 aliphatic heterocycles. The fourth-order valence-electron chi connectivity index (χ4n) is 3.29. The second-order valence-electron chi connectivity index (χ2n) is 6.98. The Hall–Kier alpha value is -1.25. The van der Waals surface area contributed by atoms with Crippen molar-refractivity contribution >= 4 is 41.7 Å². The van der Waals surface area contributed by atoms with Crippen molar-refractivity contribution in [3.05, 3.63) is 71.8 Å². The summed E-state index contributed by atoms with van der Waals surface area (Å²) >= 11 is 1.80. The van der Waals surface area contributed by atoms with Gasteiger partial charge in [-0.2, -0.15) is 11.8 Å². The Morgan fingerprint density at radius 1 is 1.07 bits per heavy atom. The Morgan fingerprint density at radius 3 is 2.18 bits per heavy atom. The minimum Gasteiger partial charge on any atom is -0.387 e. The van der Waals surface area contributed by atoms with E-state index in [4.69, 9.17) is 0 Å². The maximum Gasteiger partial charge on any atom is 0.191 e. The Bertz CT molecular complexity index is 682. The fourth-order valence-corrected chi connectivity index (χ4v) is 4.57. The molecule has 0 spiro atoms. The molecule has 1 saturated heterocycles. The van der Waals surface area contributed by atoms with E-state index in [-0.39, 0.29) is 29.9 Å². The number of hydrogen-bond donors (Lipinski definition) is 3. The fraction of sp³-hybridized carbons (Fsp3) is 0.409. The number of benzene rings is 2. The number of nitrogens with one attached hydrogen (secondary N) is 2. The average Bonchev–Trinajstić information content (AvgIpc) is 3.15. The number of thioether (sulfide) groups is 1. The molecule has 1 atom stereocenters. The normalized spacial score (nSPS) is 19.3. The lowest BCUT2D eigenvalue weighted by molar-refractivity contribution is 0.0778. The first-order valence-electron chi connectivity index (χ1n) is 9.62. The van der Waals surface area contributed by atoms with Crippen molar-refractivity contribution in [1.82, 2.24) is 10.6 Å². The molecule has 152 valence electrons. The predicted molar refractivity (Wildman–Crippen MR) is 131 cm³/mol. The zero-order valence-corrected chi connectivity index (χ0v) is 19.5. The van der Waals surface area contributed by atoms with Gasteiger partial charge in [0.25, 0.3) is 0 Å². The Balaban J connectivity index is 0.00000280. The first-order valence-corrected chi connectivity index (χ1v) is 10.8. The van der Waals surface area contributed by atoms with Crippen LogP contribution in [0.5, 0.6) is 0 Å². The monoisotopic (exact) mass is 511 g/mol. The SMILES string of the molecule is CCNC(=NCC1(O)CCSC1)NCC(c1ccccc1)c1ccccc1.I. The van der Waals surface area contributed by atoms with Gasteiger partial charge in [-0.25, -0.2) is 0 Å². The molecule has 1 heterocycles. The van der Waals surface area contributed by atoms with Gasteiger partial charge in [-0.05, 0) is 30.2 Å². The van der Waals surface area contributed by atoms with E-state index in [9.17, 15) is 5.11 Å². The quantitative estimate of drug-likeness (QED) is 0.300. The van der Waals surface area contributed by atoms with E-state index in [1.54, 1.807) is 11.8 Å². The molecule has 0 radical (unpaired) electrons. The summed E-state index contributed by atoms with van der Waals surface area (Å²) in [5.41, 5.74) is 1.89. The van der Waals surface area contributed by atoms with Crippen LogP contribution in [0.25, 0.3) is 0 Å². The van der Waals surface area contributed by atoms with Gasteiger partial charge in [-0.1, -0.05) is 60.7 Å². The first-order chi connectivity index (χ1) is 13.2. The third-order valence-corrected chi connectivity index (χ3v) is 6.07. The van der Waals surface area contributed by atoms with E-state index >= 15 is 0 Å². The topological polar surface area (TPSA) is 56.7 Å². The number of guanidine groups is 1. The van der Waals surface area contributed by atoms with Gasteiger partial charge in [0.05, 0.1) is 12.1 Å². The molecule has 3 rings (SSSR count). The van der Waals surface area contributed by atoms with Crippen LogP contribution in [0.1, 0.15) is 30.4 Å². The summed E-state index contributed by atoms with van der Waals surface area (Å²) in [4.78, 5) is 4.66. The molecular formula is C22H30IN3OS. The lowest BCUT2D eigenvalue weighted by Crippen LogP contribution is -2.41. The first kappa shape index (κ1) is 23.0. The molecule has 4 nitrogen and oxygen atoms in total. The molecule has 1 aliphatic rings. The molecule has 2 aromatic rings. The van der Waals surface area contributed by atoms with Gasteiger partial charge in [0, 0.05) is 24.8 Å². The number of nitrogens with zero attached hydrogens (tertiary/aromatic N) is 1. The van der Waals surface area contributed by atoms with E-state index < -0.39 is 5.60 Å². The van der Waals surface area contributed by atoms with Crippen molar-refractivity contribution in [1.29, 1.82) is 0 Å². The molecule has 0 aromatic heterocycles. The standard InChI is InChI=1S/C22H29N3OS.HI/c1-2-23-21(25-16-22(26)13-14-27-17-22)24-15-20(18-9-5-3-6-10-18)19-11-7-4-8-12-19;/h3-12,20,26H,2,13-17H2,1H3,(H2,23,24,25);1H. The smallest absolute Gasteiger partial charge is 0.191 e. The summed E-state index contributed by atoms with van der Waals surface area (Å²) in [6, 6.07) is 21.1. The van der Waals surface area contributed by atoms with Crippen LogP contribution in [0.3, 0.4) is 0 Å². The highest BCUT2D eigenvalue weighted by molar-refractivity contribution is 14.0. The second kappa shape index (κ2) is 11.7. The largest absolute Gasteiger partial charge is 0.387 e. The van der Waals surface area contributed by atoms with E-state index in [0.29, 0.717) is 6.54 Å². The minimum atomic E-state index is -0.661. The van der Waals surface area contributed by atoms with Crippen molar-refractivity contribution in [2.75, 3.05) is 31.1 Å². The number of aliphatic imine (C=N–C) groups is 1. The van der Waals surface area contributed by atoms with Crippen LogP contribution in [0.15, 0.2) is 65.7 Å². The summed E-state index contributed by atoms with van der Waals surface area (Å²) in [6.45, 7) is 4.03. The van der Waals surface area contributed by atoms with Crippen molar-refractivity contribution in [3.63, 3.8) is 0 Å². The molecule has 1 unspecified atom stereocenters. The molecule has 28 heavy (non-hydrogen) atoms. The number of hydrogen-bond acceptors (Lipinski definition) is 3. The van der Waals surface area contributed by atoms with Crippen molar-refractivity contribution in [2.24, 2.45) is 4.99 Å². The molecule has 1 fully saturated rings. The highest BCUT2D eigenvalue weighted by Crippen LogP contribution is 2.28. The van der Waals surface area contributed by atoms with Crippen molar-refractivity contribution in [3.8, 4) is 0 Å². The average molecular weight is 511 g/mol. The Labute approximate surface area is 189 Å². The van der Waals surface area contributed by atoms with E-state index in [2.05, 4.69) is 71.1 Å². The Morgan fingerprint density at radius 2 is 1.68 bits per heavy atom.